The fourth-order valence-corrected chi connectivity index (χ4v) is 2.09. The summed E-state index contributed by atoms with van der Waals surface area (Å²) in [6.07, 6.45) is 3.06. The van der Waals surface area contributed by atoms with Gasteiger partial charge in [0.2, 0.25) is 0 Å². The lowest BCUT2D eigenvalue weighted by Gasteiger charge is -2.07. The number of carbonyl (C=O) groups excluding carboxylic acids is 1. The number of carboxylic acid groups (broad SMARTS) is 1. The van der Waals surface area contributed by atoms with E-state index in [1.165, 1.54) is 29.2 Å². The van der Waals surface area contributed by atoms with Crippen molar-refractivity contribution in [3.63, 3.8) is 0 Å². The van der Waals surface area contributed by atoms with Crippen LogP contribution in [0.5, 0.6) is 0 Å². The Bertz CT molecular complexity index is 919. The van der Waals surface area contributed by atoms with Crippen molar-refractivity contribution < 1.29 is 14.7 Å². The van der Waals surface area contributed by atoms with Crippen molar-refractivity contribution in [3.05, 3.63) is 66.0 Å². The van der Waals surface area contributed by atoms with Crippen LogP contribution in [0.3, 0.4) is 0 Å². The van der Waals surface area contributed by atoms with Gasteiger partial charge in [0.15, 0.2) is 5.69 Å². The Hall–Kier alpha value is -3.55. The average molecular weight is 323 g/mol. The average Bonchev–Trinajstić information content (AvgIpc) is 3.05. The molecule has 2 N–H and O–H groups in total. The number of aryl methyl sites for hydroxylation is 1. The van der Waals surface area contributed by atoms with Crippen molar-refractivity contribution in [2.45, 2.75) is 6.92 Å². The Morgan fingerprint density at radius 2 is 2.00 bits per heavy atom. The van der Waals surface area contributed by atoms with Gasteiger partial charge in [-0.3, -0.25) is 4.79 Å². The molecule has 1 amide bonds. The van der Waals surface area contributed by atoms with Crippen molar-refractivity contribution in [1.82, 2.24) is 19.7 Å². The highest BCUT2D eigenvalue weighted by Crippen LogP contribution is 2.15. The summed E-state index contributed by atoms with van der Waals surface area (Å²) in [6, 6.07) is 9.82. The number of hydrogen-bond acceptors (Lipinski definition) is 5. The van der Waals surface area contributed by atoms with E-state index in [1.54, 1.807) is 31.2 Å². The van der Waals surface area contributed by atoms with E-state index in [1.807, 2.05) is 0 Å². The molecule has 24 heavy (non-hydrogen) atoms. The second-order valence-electron chi connectivity index (χ2n) is 4.94. The highest BCUT2D eigenvalue weighted by atomic mass is 16.4. The highest BCUT2D eigenvalue weighted by molar-refractivity contribution is 6.02. The topological polar surface area (TPSA) is 110 Å². The fourth-order valence-electron chi connectivity index (χ4n) is 2.09. The van der Waals surface area contributed by atoms with Gasteiger partial charge in [-0.15, -0.1) is 0 Å². The van der Waals surface area contributed by atoms with Crippen LogP contribution in [-0.4, -0.2) is 36.7 Å². The zero-order chi connectivity index (χ0) is 17.1. The monoisotopic (exact) mass is 323 g/mol. The number of nitrogens with one attached hydrogen (secondary N) is 1. The number of benzene rings is 1. The lowest BCUT2D eigenvalue weighted by Crippen LogP contribution is -2.14. The Kier molecular flexibility index (Phi) is 4.02. The van der Waals surface area contributed by atoms with Gasteiger partial charge in [0.1, 0.15) is 11.5 Å². The third-order valence-electron chi connectivity index (χ3n) is 3.19. The van der Waals surface area contributed by atoms with Gasteiger partial charge in [0.05, 0.1) is 5.69 Å². The van der Waals surface area contributed by atoms with Gasteiger partial charge >= 0.3 is 5.97 Å². The molecule has 0 aliphatic heterocycles. The lowest BCUT2D eigenvalue weighted by molar-refractivity contribution is 0.0689. The van der Waals surface area contributed by atoms with Crippen molar-refractivity contribution in [1.29, 1.82) is 0 Å². The maximum absolute atomic E-state index is 12.2. The van der Waals surface area contributed by atoms with Crippen molar-refractivity contribution in [2.24, 2.45) is 0 Å². The normalized spacial score (nSPS) is 10.4. The van der Waals surface area contributed by atoms with Crippen LogP contribution in [0.1, 0.15) is 26.8 Å². The van der Waals surface area contributed by atoms with Crippen LogP contribution < -0.4 is 5.32 Å². The predicted octanol–water partition coefficient (Wildman–Crippen LogP) is 1.92. The van der Waals surface area contributed by atoms with Gasteiger partial charge in [0, 0.05) is 18.1 Å². The minimum Gasteiger partial charge on any atom is -0.476 e. The summed E-state index contributed by atoms with van der Waals surface area (Å²) in [7, 11) is 0. The molecule has 0 aliphatic carbocycles. The quantitative estimate of drug-likeness (QED) is 0.759. The first-order valence-corrected chi connectivity index (χ1v) is 7.03. The maximum atomic E-state index is 12.2. The van der Waals surface area contributed by atoms with E-state index in [2.05, 4.69) is 20.4 Å². The molecule has 8 heteroatoms. The molecule has 1 aromatic carbocycles. The molecule has 8 nitrogen and oxygen atoms in total. The Balaban J connectivity index is 1.82. The number of aromatic carboxylic acids is 1. The second kappa shape index (κ2) is 6.29. The molecule has 0 radical (unpaired) electrons. The van der Waals surface area contributed by atoms with Crippen LogP contribution in [-0.2, 0) is 0 Å². The van der Waals surface area contributed by atoms with Gasteiger partial charge < -0.3 is 10.4 Å². The van der Waals surface area contributed by atoms with Crippen molar-refractivity contribution in [2.75, 3.05) is 5.32 Å². The number of anilines is 1. The largest absolute Gasteiger partial charge is 0.476 e. The maximum Gasteiger partial charge on any atom is 0.356 e. The van der Waals surface area contributed by atoms with Crippen molar-refractivity contribution >= 4 is 17.6 Å². The summed E-state index contributed by atoms with van der Waals surface area (Å²) < 4.78 is 1.42. The second-order valence-corrected chi connectivity index (χ2v) is 4.94. The Morgan fingerprint density at radius 3 is 2.71 bits per heavy atom. The van der Waals surface area contributed by atoms with Gasteiger partial charge in [-0.25, -0.2) is 19.4 Å². The van der Waals surface area contributed by atoms with Crippen LogP contribution in [0.4, 0.5) is 5.69 Å². The summed E-state index contributed by atoms with van der Waals surface area (Å²) in [6.45, 7) is 1.70. The zero-order valence-electron chi connectivity index (χ0n) is 12.7. The van der Waals surface area contributed by atoms with Crippen LogP contribution in [0.25, 0.3) is 5.69 Å². The minimum absolute atomic E-state index is 0.0547. The molecule has 0 aliphatic rings. The van der Waals surface area contributed by atoms with E-state index < -0.39 is 5.97 Å². The number of carbonyl (C=O) groups is 2. The lowest BCUT2D eigenvalue weighted by atomic mass is 10.2. The first kappa shape index (κ1) is 15.3. The predicted molar refractivity (Wildman–Crippen MR) is 85.2 cm³/mol. The Labute approximate surface area is 136 Å². The molecule has 2 aromatic heterocycles. The molecule has 0 fully saturated rings. The summed E-state index contributed by atoms with van der Waals surface area (Å²) in [5.74, 6) is -0.948. The molecule has 0 saturated carbocycles. The van der Waals surface area contributed by atoms with Crippen LogP contribution in [0.15, 0.2) is 48.8 Å². The first-order chi connectivity index (χ1) is 11.5. The number of amides is 1. The molecule has 0 saturated heterocycles. The van der Waals surface area contributed by atoms with E-state index >= 15 is 0 Å². The number of nitrogens with zero attached hydrogens (tertiary/aromatic N) is 4. The molecule has 3 rings (SSSR count). The van der Waals surface area contributed by atoms with Crippen LogP contribution in [0.2, 0.25) is 0 Å². The molecular weight excluding hydrogens is 310 g/mol. The van der Waals surface area contributed by atoms with E-state index in [4.69, 9.17) is 5.11 Å². The molecule has 3 aromatic rings. The van der Waals surface area contributed by atoms with E-state index in [9.17, 15) is 9.59 Å². The van der Waals surface area contributed by atoms with E-state index in [0.717, 1.165) is 0 Å². The highest BCUT2D eigenvalue weighted by Gasteiger charge is 2.10. The third-order valence-corrected chi connectivity index (χ3v) is 3.19. The minimum atomic E-state index is -1.10. The third kappa shape index (κ3) is 3.27. The van der Waals surface area contributed by atoms with Crippen LogP contribution >= 0.6 is 0 Å². The summed E-state index contributed by atoms with van der Waals surface area (Å²) in [5.41, 5.74) is 1.38. The molecule has 2 heterocycles. The number of carboxylic acids is 1. The zero-order valence-corrected chi connectivity index (χ0v) is 12.7. The molecular formula is C16H13N5O3. The summed E-state index contributed by atoms with van der Waals surface area (Å²) in [5, 5.41) is 15.6. The SMILES string of the molecule is Cc1nccc(C(=O)Nc2cccc(-n3ccc(C(=O)O)n3)c2)n1. The number of rotatable bonds is 4. The number of hydrogen-bond donors (Lipinski definition) is 2. The molecule has 0 atom stereocenters. The van der Waals surface area contributed by atoms with E-state index in [-0.39, 0.29) is 17.3 Å². The van der Waals surface area contributed by atoms with Gasteiger partial charge in [0.25, 0.3) is 5.91 Å². The van der Waals surface area contributed by atoms with Gasteiger partial charge in [-0.2, -0.15) is 5.10 Å². The molecule has 0 bridgehead atoms. The van der Waals surface area contributed by atoms with Crippen molar-refractivity contribution in [3.8, 4) is 5.69 Å². The fraction of sp³-hybridized carbons (Fsp3) is 0.0625. The summed E-state index contributed by atoms with van der Waals surface area (Å²) in [4.78, 5) is 31.1. The molecule has 120 valence electrons. The first-order valence-electron chi connectivity index (χ1n) is 7.03. The summed E-state index contributed by atoms with van der Waals surface area (Å²) >= 11 is 0. The number of aromatic nitrogens is 4. The van der Waals surface area contributed by atoms with E-state index in [0.29, 0.717) is 17.2 Å². The molecule has 0 unspecified atom stereocenters. The standard InChI is InChI=1S/C16H13N5O3/c1-10-17-7-5-13(18-10)15(22)19-11-3-2-4-12(9-11)21-8-6-14(20-21)16(23)24/h2-9H,1H3,(H,19,22)(H,23,24). The smallest absolute Gasteiger partial charge is 0.356 e. The Morgan fingerprint density at radius 1 is 1.17 bits per heavy atom. The van der Waals surface area contributed by atoms with Crippen LogP contribution in [0, 0.1) is 6.92 Å². The molecule has 0 spiro atoms. The van der Waals surface area contributed by atoms with Gasteiger partial charge in [-0.1, -0.05) is 6.07 Å². The van der Waals surface area contributed by atoms with Gasteiger partial charge in [-0.05, 0) is 37.3 Å².